The Morgan fingerprint density at radius 3 is 2.50 bits per heavy atom. The van der Waals surface area contributed by atoms with E-state index in [0.717, 1.165) is 5.56 Å². The average molecular weight is 317 g/mol. The molecule has 0 amide bonds. The molecule has 0 N–H and O–H groups in total. The molecule has 0 fully saturated rings. The smallest absolute Gasteiger partial charge is 0.185 e. The van der Waals surface area contributed by atoms with Crippen molar-refractivity contribution in [3.05, 3.63) is 64.7 Å². The van der Waals surface area contributed by atoms with Gasteiger partial charge in [0.2, 0.25) is 0 Å². The Labute approximate surface area is 135 Å². The molecule has 0 saturated carbocycles. The molecule has 0 spiro atoms. The van der Waals surface area contributed by atoms with Crippen LogP contribution in [0.25, 0.3) is 6.08 Å². The number of ether oxygens (including phenoxy) is 2. The number of methoxy groups -OCH3 is 1. The molecule has 2 aromatic rings. The number of carbonyl (C=O) groups is 1. The number of allylic oxidation sites excluding steroid dienone is 1. The lowest BCUT2D eigenvalue weighted by molar-refractivity contribution is 0.104. The standard InChI is InChI=1S/C18H17ClO3/c1-3-22-17-11-5-13(12-18(17)21-2)4-10-16(20)14-6-8-15(19)9-7-14/h4-12H,3H2,1-2H3/b10-4+. The zero-order valence-corrected chi connectivity index (χ0v) is 13.3. The summed E-state index contributed by atoms with van der Waals surface area (Å²) < 4.78 is 10.7. The summed E-state index contributed by atoms with van der Waals surface area (Å²) in [5, 5.41) is 0.608. The first kappa shape index (κ1) is 16.1. The quantitative estimate of drug-likeness (QED) is 0.575. The van der Waals surface area contributed by atoms with Crippen molar-refractivity contribution in [2.45, 2.75) is 6.92 Å². The van der Waals surface area contributed by atoms with Crippen molar-refractivity contribution in [1.82, 2.24) is 0 Å². The predicted molar refractivity (Wildman–Crippen MR) is 89.0 cm³/mol. The zero-order chi connectivity index (χ0) is 15.9. The molecular formula is C18H17ClO3. The van der Waals surface area contributed by atoms with Gasteiger partial charge in [-0.25, -0.2) is 0 Å². The van der Waals surface area contributed by atoms with E-state index in [4.69, 9.17) is 21.1 Å². The highest BCUT2D eigenvalue weighted by atomic mass is 35.5. The molecule has 4 heteroatoms. The van der Waals surface area contributed by atoms with E-state index >= 15 is 0 Å². The lowest BCUT2D eigenvalue weighted by atomic mass is 10.1. The van der Waals surface area contributed by atoms with E-state index in [1.54, 1.807) is 37.5 Å². The van der Waals surface area contributed by atoms with Crippen molar-refractivity contribution in [2.75, 3.05) is 13.7 Å². The summed E-state index contributed by atoms with van der Waals surface area (Å²) in [7, 11) is 1.59. The molecule has 0 aliphatic heterocycles. The molecule has 2 aromatic carbocycles. The van der Waals surface area contributed by atoms with Crippen LogP contribution >= 0.6 is 11.6 Å². The normalized spacial score (nSPS) is 10.7. The van der Waals surface area contributed by atoms with E-state index in [0.29, 0.717) is 28.7 Å². The van der Waals surface area contributed by atoms with E-state index in [1.807, 2.05) is 25.1 Å². The Kier molecular flexibility index (Phi) is 5.61. The Balaban J connectivity index is 2.15. The van der Waals surface area contributed by atoms with Crippen LogP contribution in [0, 0.1) is 0 Å². The van der Waals surface area contributed by atoms with Crippen LogP contribution in [-0.2, 0) is 0 Å². The Hall–Kier alpha value is -2.26. The third kappa shape index (κ3) is 4.12. The maximum absolute atomic E-state index is 12.1. The van der Waals surface area contributed by atoms with Gasteiger partial charge >= 0.3 is 0 Å². The fraction of sp³-hybridized carbons (Fsp3) is 0.167. The second-order valence-corrected chi connectivity index (χ2v) is 4.98. The van der Waals surface area contributed by atoms with Gasteiger partial charge in [0.15, 0.2) is 17.3 Å². The lowest BCUT2D eigenvalue weighted by Crippen LogP contribution is -1.96. The summed E-state index contributed by atoms with van der Waals surface area (Å²) in [5.74, 6) is 1.25. The topological polar surface area (TPSA) is 35.5 Å². The zero-order valence-electron chi connectivity index (χ0n) is 12.5. The van der Waals surface area contributed by atoms with Crippen LogP contribution in [0.1, 0.15) is 22.8 Å². The van der Waals surface area contributed by atoms with Crippen LogP contribution in [0.5, 0.6) is 11.5 Å². The van der Waals surface area contributed by atoms with Crippen LogP contribution in [0.15, 0.2) is 48.5 Å². The van der Waals surface area contributed by atoms with Gasteiger partial charge in [0.25, 0.3) is 0 Å². The molecule has 0 radical (unpaired) electrons. The van der Waals surface area contributed by atoms with E-state index in [2.05, 4.69) is 0 Å². The fourth-order valence-electron chi connectivity index (χ4n) is 1.94. The van der Waals surface area contributed by atoms with Gasteiger partial charge in [-0.1, -0.05) is 23.7 Å². The molecule has 0 aliphatic rings. The first-order valence-electron chi connectivity index (χ1n) is 6.93. The molecule has 22 heavy (non-hydrogen) atoms. The van der Waals surface area contributed by atoms with Gasteiger partial charge < -0.3 is 9.47 Å². The largest absolute Gasteiger partial charge is 0.493 e. The third-order valence-electron chi connectivity index (χ3n) is 3.04. The molecule has 0 unspecified atom stereocenters. The van der Waals surface area contributed by atoms with Gasteiger partial charge in [-0.2, -0.15) is 0 Å². The first-order chi connectivity index (χ1) is 10.6. The van der Waals surface area contributed by atoms with Crippen molar-refractivity contribution >= 4 is 23.5 Å². The van der Waals surface area contributed by atoms with E-state index < -0.39 is 0 Å². The molecule has 0 aromatic heterocycles. The first-order valence-corrected chi connectivity index (χ1v) is 7.30. The van der Waals surface area contributed by atoms with E-state index in [1.165, 1.54) is 6.08 Å². The van der Waals surface area contributed by atoms with Crippen LogP contribution < -0.4 is 9.47 Å². The van der Waals surface area contributed by atoms with Crippen LogP contribution in [0.2, 0.25) is 5.02 Å². The predicted octanol–water partition coefficient (Wildman–Crippen LogP) is 4.64. The van der Waals surface area contributed by atoms with Gasteiger partial charge in [-0.05, 0) is 55.0 Å². The summed E-state index contributed by atoms with van der Waals surface area (Å²) >= 11 is 5.81. The van der Waals surface area contributed by atoms with Crippen LogP contribution in [-0.4, -0.2) is 19.5 Å². The van der Waals surface area contributed by atoms with Crippen LogP contribution in [0.3, 0.4) is 0 Å². The Morgan fingerprint density at radius 1 is 1.14 bits per heavy atom. The van der Waals surface area contributed by atoms with Crippen molar-refractivity contribution in [3.63, 3.8) is 0 Å². The number of carbonyl (C=O) groups excluding carboxylic acids is 1. The molecule has 0 atom stereocenters. The van der Waals surface area contributed by atoms with E-state index in [-0.39, 0.29) is 5.78 Å². The van der Waals surface area contributed by atoms with Crippen molar-refractivity contribution in [1.29, 1.82) is 0 Å². The molecule has 2 rings (SSSR count). The second-order valence-electron chi connectivity index (χ2n) is 4.55. The molecule has 3 nitrogen and oxygen atoms in total. The molecule has 0 heterocycles. The molecule has 0 saturated heterocycles. The molecular weight excluding hydrogens is 300 g/mol. The van der Waals surface area contributed by atoms with Gasteiger partial charge in [-0.15, -0.1) is 0 Å². The number of benzene rings is 2. The minimum Gasteiger partial charge on any atom is -0.493 e. The van der Waals surface area contributed by atoms with Gasteiger partial charge in [-0.3, -0.25) is 4.79 Å². The summed E-state index contributed by atoms with van der Waals surface area (Å²) in [6, 6.07) is 12.3. The lowest BCUT2D eigenvalue weighted by Gasteiger charge is -2.09. The summed E-state index contributed by atoms with van der Waals surface area (Å²) in [6.45, 7) is 2.48. The van der Waals surface area contributed by atoms with E-state index in [9.17, 15) is 4.79 Å². The number of hydrogen-bond donors (Lipinski definition) is 0. The minimum absolute atomic E-state index is 0.0791. The Morgan fingerprint density at radius 2 is 1.86 bits per heavy atom. The van der Waals surface area contributed by atoms with Gasteiger partial charge in [0, 0.05) is 10.6 Å². The van der Waals surface area contributed by atoms with Crippen molar-refractivity contribution in [3.8, 4) is 11.5 Å². The Bertz CT molecular complexity index is 675. The van der Waals surface area contributed by atoms with Crippen molar-refractivity contribution in [2.24, 2.45) is 0 Å². The SMILES string of the molecule is CCOc1ccc(/C=C/C(=O)c2ccc(Cl)cc2)cc1OC. The number of ketones is 1. The third-order valence-corrected chi connectivity index (χ3v) is 3.30. The summed E-state index contributed by atoms with van der Waals surface area (Å²) in [6.07, 6.45) is 3.27. The fourth-order valence-corrected chi connectivity index (χ4v) is 2.07. The highest BCUT2D eigenvalue weighted by Gasteiger charge is 2.05. The monoisotopic (exact) mass is 316 g/mol. The molecule has 0 aliphatic carbocycles. The second kappa shape index (κ2) is 7.66. The summed E-state index contributed by atoms with van der Waals surface area (Å²) in [5.41, 5.74) is 1.46. The van der Waals surface area contributed by atoms with Gasteiger partial charge in [0.1, 0.15) is 0 Å². The highest BCUT2D eigenvalue weighted by Crippen LogP contribution is 2.28. The van der Waals surface area contributed by atoms with Crippen molar-refractivity contribution < 1.29 is 14.3 Å². The van der Waals surface area contributed by atoms with Crippen LogP contribution in [0.4, 0.5) is 0 Å². The minimum atomic E-state index is -0.0791. The molecule has 114 valence electrons. The average Bonchev–Trinajstić information content (AvgIpc) is 2.54. The highest BCUT2D eigenvalue weighted by molar-refractivity contribution is 6.30. The number of rotatable bonds is 6. The maximum Gasteiger partial charge on any atom is 0.185 e. The number of halogens is 1. The summed E-state index contributed by atoms with van der Waals surface area (Å²) in [4.78, 5) is 12.1. The maximum atomic E-state index is 12.1. The number of hydrogen-bond acceptors (Lipinski definition) is 3. The van der Waals surface area contributed by atoms with Gasteiger partial charge in [0.05, 0.1) is 13.7 Å². The molecule has 0 bridgehead atoms.